The van der Waals surface area contributed by atoms with E-state index in [1.54, 1.807) is 0 Å². The van der Waals surface area contributed by atoms with Crippen LogP contribution in [0.15, 0.2) is 20.3 Å². The van der Waals surface area contributed by atoms with E-state index in [9.17, 15) is 10.2 Å². The van der Waals surface area contributed by atoms with Crippen molar-refractivity contribution in [3.63, 3.8) is 0 Å². The van der Waals surface area contributed by atoms with Crippen molar-refractivity contribution >= 4 is 12.6 Å². The molecule has 11 heavy (non-hydrogen) atoms. The van der Waals surface area contributed by atoms with E-state index in [2.05, 4.69) is 25.7 Å². The van der Waals surface area contributed by atoms with Gasteiger partial charge in [0.2, 0.25) is 0 Å². The maximum Gasteiger partial charge on any atom is 0.320 e. The highest BCUT2D eigenvalue weighted by Crippen LogP contribution is 2.28. The largest absolute Gasteiger partial charge is 0.356 e. The monoisotopic (exact) mass is 155 g/mol. The molecule has 0 amide bonds. The molecule has 2 heterocycles. The third-order valence-electron chi connectivity index (χ3n) is 1.48. The molecule has 7 nitrogen and oxygen atoms in total. The van der Waals surface area contributed by atoms with Gasteiger partial charge < -0.3 is 10.2 Å². The quantitative estimate of drug-likeness (QED) is 0.367. The molecule has 0 aromatic rings. The number of aliphatic hydroxyl groups is 2. The maximum absolute atomic E-state index is 9.22. The van der Waals surface area contributed by atoms with Crippen molar-refractivity contribution in [2.24, 2.45) is 20.3 Å². The first kappa shape index (κ1) is 6.38. The molecule has 1 atom stereocenters. The molecule has 0 aromatic carbocycles. The molecule has 58 valence electrons. The second kappa shape index (κ2) is 1.63. The highest BCUT2D eigenvalue weighted by molar-refractivity contribution is 5.72. The molecule has 1 unspecified atom stereocenters. The lowest BCUT2D eigenvalue weighted by Crippen LogP contribution is -2.54. The van der Waals surface area contributed by atoms with E-state index in [4.69, 9.17) is 0 Å². The Morgan fingerprint density at radius 2 is 2.18 bits per heavy atom. The van der Waals surface area contributed by atoms with Gasteiger partial charge in [0.15, 0.2) is 0 Å². The molecule has 0 aliphatic carbocycles. The molecule has 3 N–H and O–H groups in total. The summed E-state index contributed by atoms with van der Waals surface area (Å²) in [5, 5.41) is 28.7. The molecule has 0 saturated heterocycles. The molecule has 1 spiro atoms. The van der Waals surface area contributed by atoms with Gasteiger partial charge in [0.05, 0.1) is 6.21 Å². The summed E-state index contributed by atoms with van der Waals surface area (Å²) in [4.78, 5) is 3.62. The average molecular weight is 155 g/mol. The van der Waals surface area contributed by atoms with Crippen molar-refractivity contribution in [3.05, 3.63) is 0 Å². The number of aliphatic imine (C=N–C) groups is 1. The van der Waals surface area contributed by atoms with Crippen LogP contribution in [0, 0.1) is 0 Å². The highest BCUT2D eigenvalue weighted by Gasteiger charge is 2.55. The lowest BCUT2D eigenvalue weighted by molar-refractivity contribution is -0.145. The lowest BCUT2D eigenvalue weighted by atomic mass is 10.2. The van der Waals surface area contributed by atoms with Crippen molar-refractivity contribution in [1.29, 1.82) is 0 Å². The van der Waals surface area contributed by atoms with E-state index in [0.29, 0.717) is 0 Å². The van der Waals surface area contributed by atoms with E-state index in [1.807, 2.05) is 0 Å². The minimum atomic E-state index is -2.19. The SMILES string of the molecule is OC1(O)C=NNC12N=CN=N2. The van der Waals surface area contributed by atoms with Crippen LogP contribution < -0.4 is 5.43 Å². The Kier molecular flexibility index (Phi) is 0.944. The number of azo groups is 1. The van der Waals surface area contributed by atoms with E-state index in [-0.39, 0.29) is 0 Å². The van der Waals surface area contributed by atoms with Crippen LogP contribution in [0.5, 0.6) is 0 Å². The van der Waals surface area contributed by atoms with E-state index < -0.39 is 11.6 Å². The third kappa shape index (κ3) is 0.632. The highest BCUT2D eigenvalue weighted by atomic mass is 16.5. The number of hydrogen-bond donors (Lipinski definition) is 3. The first-order valence-electron chi connectivity index (χ1n) is 2.88. The zero-order valence-electron chi connectivity index (χ0n) is 5.34. The van der Waals surface area contributed by atoms with E-state index >= 15 is 0 Å². The van der Waals surface area contributed by atoms with Gasteiger partial charge in [-0.2, -0.15) is 5.10 Å². The maximum atomic E-state index is 9.22. The Labute approximate surface area is 61.2 Å². The number of nitrogens with one attached hydrogen (secondary N) is 1. The van der Waals surface area contributed by atoms with Crippen LogP contribution in [-0.4, -0.2) is 34.3 Å². The summed E-state index contributed by atoms with van der Waals surface area (Å²) >= 11 is 0. The average Bonchev–Trinajstić information content (AvgIpc) is 2.45. The first-order valence-corrected chi connectivity index (χ1v) is 2.88. The molecule has 2 aliphatic heterocycles. The second-order valence-electron chi connectivity index (χ2n) is 2.23. The molecule has 0 aromatic heterocycles. The van der Waals surface area contributed by atoms with Crippen LogP contribution in [0.3, 0.4) is 0 Å². The van der Waals surface area contributed by atoms with Crippen molar-refractivity contribution in [2.75, 3.05) is 0 Å². The molecule has 2 aliphatic rings. The lowest BCUT2D eigenvalue weighted by Gasteiger charge is -2.24. The van der Waals surface area contributed by atoms with Crippen LogP contribution in [0.4, 0.5) is 0 Å². The summed E-state index contributed by atoms with van der Waals surface area (Å²) in [6.45, 7) is 0. The molecular formula is C4H5N5O2. The molecule has 0 radical (unpaired) electrons. The van der Waals surface area contributed by atoms with Gasteiger partial charge in [0.1, 0.15) is 6.34 Å². The Hall–Kier alpha value is -1.34. The fraction of sp³-hybridized carbons (Fsp3) is 0.500. The fourth-order valence-corrected chi connectivity index (χ4v) is 0.849. The summed E-state index contributed by atoms with van der Waals surface area (Å²) in [5.74, 6) is -3.74. The normalized spacial score (nSPS) is 36.9. The molecule has 0 saturated carbocycles. The van der Waals surface area contributed by atoms with Gasteiger partial charge >= 0.3 is 5.79 Å². The van der Waals surface area contributed by atoms with Crippen LogP contribution >= 0.6 is 0 Å². The number of rotatable bonds is 0. The second-order valence-corrected chi connectivity index (χ2v) is 2.23. The topological polar surface area (TPSA) is 102 Å². The minimum absolute atomic E-state index is 0.911. The molecule has 0 bridgehead atoms. The molecule has 2 rings (SSSR count). The Morgan fingerprint density at radius 3 is 2.64 bits per heavy atom. The van der Waals surface area contributed by atoms with Gasteiger partial charge in [-0.25, -0.2) is 4.99 Å². The Balaban J connectivity index is 2.43. The first-order chi connectivity index (χ1) is 5.16. The molecule has 0 fully saturated rings. The minimum Gasteiger partial charge on any atom is -0.356 e. The number of hydrazone groups is 1. The van der Waals surface area contributed by atoms with E-state index in [1.165, 1.54) is 0 Å². The van der Waals surface area contributed by atoms with Gasteiger partial charge in [-0.05, 0) is 0 Å². The Morgan fingerprint density at radius 1 is 1.36 bits per heavy atom. The third-order valence-corrected chi connectivity index (χ3v) is 1.48. The predicted octanol–water partition coefficient (Wildman–Crippen LogP) is -1.60. The van der Waals surface area contributed by atoms with Gasteiger partial charge in [-0.15, -0.1) is 10.2 Å². The van der Waals surface area contributed by atoms with Gasteiger partial charge in [0, 0.05) is 0 Å². The van der Waals surface area contributed by atoms with Gasteiger partial charge in [0.25, 0.3) is 5.79 Å². The van der Waals surface area contributed by atoms with Crippen molar-refractivity contribution < 1.29 is 10.2 Å². The van der Waals surface area contributed by atoms with Crippen LogP contribution in [0.1, 0.15) is 0 Å². The molecular weight excluding hydrogens is 150 g/mol. The summed E-state index contributed by atoms with van der Waals surface area (Å²) in [7, 11) is 0. The number of nitrogens with zero attached hydrogens (tertiary/aromatic N) is 4. The fourth-order valence-electron chi connectivity index (χ4n) is 0.849. The predicted molar refractivity (Wildman–Crippen MR) is 34.9 cm³/mol. The smallest absolute Gasteiger partial charge is 0.320 e. The summed E-state index contributed by atoms with van der Waals surface area (Å²) in [5.41, 5.74) is 2.33. The van der Waals surface area contributed by atoms with Gasteiger partial charge in [-0.1, -0.05) is 0 Å². The Bertz CT molecular complexity index is 256. The molecule has 7 heteroatoms. The zero-order chi connectivity index (χ0) is 7.95. The van der Waals surface area contributed by atoms with Crippen LogP contribution in [0.25, 0.3) is 0 Å². The summed E-state index contributed by atoms with van der Waals surface area (Å²) in [6, 6.07) is 0. The van der Waals surface area contributed by atoms with Gasteiger partial charge in [-0.3, -0.25) is 5.43 Å². The van der Waals surface area contributed by atoms with Crippen molar-refractivity contribution in [2.45, 2.75) is 11.6 Å². The van der Waals surface area contributed by atoms with Crippen LogP contribution in [-0.2, 0) is 0 Å². The van der Waals surface area contributed by atoms with Crippen LogP contribution in [0.2, 0.25) is 0 Å². The van der Waals surface area contributed by atoms with E-state index in [0.717, 1.165) is 12.6 Å². The summed E-state index contributed by atoms with van der Waals surface area (Å²) in [6.07, 6.45) is 2.04. The zero-order valence-corrected chi connectivity index (χ0v) is 5.34. The summed E-state index contributed by atoms with van der Waals surface area (Å²) < 4.78 is 0. The standard InChI is InChI=1S/C4H5N5O2/c10-3(11)1-6-8-4(3)5-2-7-9-4/h1-2,8,10-11H. The van der Waals surface area contributed by atoms with Crippen molar-refractivity contribution in [1.82, 2.24) is 5.43 Å². The van der Waals surface area contributed by atoms with Crippen molar-refractivity contribution in [3.8, 4) is 0 Å². The number of hydrogen-bond acceptors (Lipinski definition) is 7.